The molecule has 0 aliphatic rings. The van der Waals surface area contributed by atoms with Crippen LogP contribution in [0.3, 0.4) is 0 Å². The Hall–Kier alpha value is -2.41. The first-order chi connectivity index (χ1) is 11.1. The minimum absolute atomic E-state index is 0.0581. The molecule has 0 spiro atoms. The first kappa shape index (κ1) is 17.0. The van der Waals surface area contributed by atoms with Crippen LogP contribution in [0.15, 0.2) is 35.7 Å². The van der Waals surface area contributed by atoms with Crippen LogP contribution in [0, 0.1) is 6.92 Å². The first-order valence-corrected chi connectivity index (χ1v) is 8.11. The second-order valence-electron chi connectivity index (χ2n) is 4.86. The maximum atomic E-state index is 12.6. The van der Waals surface area contributed by atoms with Crippen molar-refractivity contribution in [1.82, 2.24) is 10.3 Å². The summed E-state index contributed by atoms with van der Waals surface area (Å²) in [6.07, 6.45) is 0.340. The molecule has 0 bridgehead atoms. The van der Waals surface area contributed by atoms with Crippen LogP contribution >= 0.6 is 11.3 Å². The summed E-state index contributed by atoms with van der Waals surface area (Å²) in [6, 6.07) is 9.42. The molecule has 2 rings (SSSR count). The number of aryl methyl sites for hydroxylation is 1. The molecule has 1 heterocycles. The molecule has 2 aromatic rings. The average Bonchev–Trinajstić information content (AvgIpc) is 2.98. The van der Waals surface area contributed by atoms with Crippen LogP contribution in [-0.2, 0) is 9.53 Å². The standard InChI is InChI=1S/C16H19N3O3S/c1-12-11-23-15(18-12)19(13-7-4-3-5-8-13)14(20)9-6-10-17-16(21)22-2/h3-5,7-8,11H,6,9-10H2,1-2H3,(H,17,21). The normalized spacial score (nSPS) is 10.2. The number of rotatable bonds is 6. The van der Waals surface area contributed by atoms with Crippen molar-refractivity contribution in [3.63, 3.8) is 0 Å². The van der Waals surface area contributed by atoms with Crippen LogP contribution < -0.4 is 10.2 Å². The van der Waals surface area contributed by atoms with Gasteiger partial charge in [0.1, 0.15) is 0 Å². The van der Waals surface area contributed by atoms with Gasteiger partial charge in [0.25, 0.3) is 0 Å². The number of nitrogens with one attached hydrogen (secondary N) is 1. The number of carbonyl (C=O) groups is 2. The number of carbonyl (C=O) groups excluding carboxylic acids is 2. The topological polar surface area (TPSA) is 71.5 Å². The summed E-state index contributed by atoms with van der Waals surface area (Å²) in [5.74, 6) is -0.0581. The fourth-order valence-corrected chi connectivity index (χ4v) is 2.83. The number of alkyl carbamates (subject to hydrolysis) is 1. The number of hydrogen-bond donors (Lipinski definition) is 1. The predicted molar refractivity (Wildman–Crippen MR) is 90.1 cm³/mol. The smallest absolute Gasteiger partial charge is 0.406 e. The van der Waals surface area contributed by atoms with Crippen LogP contribution in [0.2, 0.25) is 0 Å². The lowest BCUT2D eigenvalue weighted by molar-refractivity contribution is -0.118. The van der Waals surface area contributed by atoms with Gasteiger partial charge in [0.2, 0.25) is 5.91 Å². The van der Waals surface area contributed by atoms with Crippen molar-refractivity contribution in [3.8, 4) is 0 Å². The summed E-state index contributed by atoms with van der Waals surface area (Å²) >= 11 is 1.43. The molecule has 0 unspecified atom stereocenters. The summed E-state index contributed by atoms with van der Waals surface area (Å²) in [5.41, 5.74) is 1.67. The molecular weight excluding hydrogens is 314 g/mol. The van der Waals surface area contributed by atoms with Gasteiger partial charge in [0.05, 0.1) is 18.5 Å². The number of amides is 2. The molecule has 0 aliphatic heterocycles. The van der Waals surface area contributed by atoms with Gasteiger partial charge in [-0.25, -0.2) is 9.78 Å². The Morgan fingerprint density at radius 3 is 2.65 bits per heavy atom. The summed E-state index contributed by atoms with van der Waals surface area (Å²) in [5, 5.41) is 5.13. The van der Waals surface area contributed by atoms with Crippen LogP contribution in [0.25, 0.3) is 0 Å². The molecule has 2 amide bonds. The van der Waals surface area contributed by atoms with E-state index in [1.165, 1.54) is 18.4 Å². The molecule has 0 atom stereocenters. The average molecular weight is 333 g/mol. The van der Waals surface area contributed by atoms with E-state index in [0.717, 1.165) is 11.4 Å². The number of benzene rings is 1. The number of thiazole rings is 1. The van der Waals surface area contributed by atoms with E-state index in [0.29, 0.717) is 24.5 Å². The van der Waals surface area contributed by atoms with Gasteiger partial charge in [-0.3, -0.25) is 9.69 Å². The third-order valence-electron chi connectivity index (χ3n) is 3.08. The largest absolute Gasteiger partial charge is 0.453 e. The molecular formula is C16H19N3O3S. The second-order valence-corrected chi connectivity index (χ2v) is 5.69. The van der Waals surface area contributed by atoms with Crippen molar-refractivity contribution in [1.29, 1.82) is 0 Å². The van der Waals surface area contributed by atoms with Crippen LogP contribution in [0.5, 0.6) is 0 Å². The molecule has 122 valence electrons. The van der Waals surface area contributed by atoms with Gasteiger partial charge in [-0.05, 0) is 25.5 Å². The fraction of sp³-hybridized carbons (Fsp3) is 0.312. The van der Waals surface area contributed by atoms with Gasteiger partial charge in [-0.15, -0.1) is 11.3 Å². The van der Waals surface area contributed by atoms with E-state index < -0.39 is 6.09 Å². The molecule has 23 heavy (non-hydrogen) atoms. The van der Waals surface area contributed by atoms with Gasteiger partial charge in [-0.2, -0.15) is 0 Å². The Balaban J connectivity index is 2.05. The Labute approximate surface area is 139 Å². The van der Waals surface area contributed by atoms with Crippen LogP contribution in [0.1, 0.15) is 18.5 Å². The zero-order valence-corrected chi connectivity index (χ0v) is 13.9. The quantitative estimate of drug-likeness (QED) is 0.824. The molecule has 0 saturated heterocycles. The lowest BCUT2D eigenvalue weighted by Crippen LogP contribution is -2.28. The maximum Gasteiger partial charge on any atom is 0.406 e. The van der Waals surface area contributed by atoms with Crippen molar-refractivity contribution in [2.24, 2.45) is 0 Å². The van der Waals surface area contributed by atoms with Crippen molar-refractivity contribution < 1.29 is 14.3 Å². The van der Waals surface area contributed by atoms with E-state index in [9.17, 15) is 9.59 Å². The summed E-state index contributed by atoms with van der Waals surface area (Å²) in [7, 11) is 1.31. The third kappa shape index (κ3) is 4.79. The van der Waals surface area contributed by atoms with Gasteiger partial charge < -0.3 is 10.1 Å². The van der Waals surface area contributed by atoms with E-state index in [-0.39, 0.29) is 5.91 Å². The fourth-order valence-electron chi connectivity index (χ4n) is 2.00. The highest BCUT2D eigenvalue weighted by atomic mass is 32.1. The summed E-state index contributed by atoms with van der Waals surface area (Å²) < 4.78 is 4.49. The number of nitrogens with zero attached hydrogens (tertiary/aromatic N) is 2. The second kappa shape index (κ2) is 8.28. The number of methoxy groups -OCH3 is 1. The van der Waals surface area contributed by atoms with Crippen molar-refractivity contribution in [2.45, 2.75) is 19.8 Å². The number of anilines is 2. The lowest BCUT2D eigenvalue weighted by atomic mass is 10.2. The zero-order valence-electron chi connectivity index (χ0n) is 13.1. The molecule has 1 aromatic heterocycles. The molecule has 7 heteroatoms. The minimum Gasteiger partial charge on any atom is -0.453 e. The molecule has 0 saturated carbocycles. The number of ether oxygens (including phenoxy) is 1. The lowest BCUT2D eigenvalue weighted by Gasteiger charge is -2.20. The van der Waals surface area contributed by atoms with Crippen molar-refractivity contribution >= 4 is 34.2 Å². The van der Waals surface area contributed by atoms with E-state index in [1.54, 1.807) is 4.90 Å². The summed E-state index contributed by atoms with van der Waals surface area (Å²) in [4.78, 5) is 29.6. The third-order valence-corrected chi connectivity index (χ3v) is 4.03. The Bertz CT molecular complexity index is 658. The molecule has 0 fully saturated rings. The zero-order chi connectivity index (χ0) is 16.7. The highest BCUT2D eigenvalue weighted by molar-refractivity contribution is 7.14. The van der Waals surface area contributed by atoms with E-state index in [1.807, 2.05) is 42.6 Å². The Morgan fingerprint density at radius 2 is 2.04 bits per heavy atom. The SMILES string of the molecule is COC(=O)NCCCC(=O)N(c1ccccc1)c1nc(C)cs1. The maximum absolute atomic E-state index is 12.6. The van der Waals surface area contributed by atoms with E-state index in [4.69, 9.17) is 0 Å². The summed E-state index contributed by atoms with van der Waals surface area (Å²) in [6.45, 7) is 2.28. The van der Waals surface area contributed by atoms with Crippen molar-refractivity contribution in [2.75, 3.05) is 18.6 Å². The number of hydrogen-bond acceptors (Lipinski definition) is 5. The number of para-hydroxylation sites is 1. The van der Waals surface area contributed by atoms with Crippen LogP contribution in [0.4, 0.5) is 15.6 Å². The Morgan fingerprint density at radius 1 is 1.30 bits per heavy atom. The highest BCUT2D eigenvalue weighted by Crippen LogP contribution is 2.29. The van der Waals surface area contributed by atoms with Gasteiger partial charge >= 0.3 is 6.09 Å². The van der Waals surface area contributed by atoms with Gasteiger partial charge in [0.15, 0.2) is 5.13 Å². The predicted octanol–water partition coefficient (Wildman–Crippen LogP) is 3.25. The van der Waals surface area contributed by atoms with Crippen molar-refractivity contribution in [3.05, 3.63) is 41.4 Å². The Kier molecular flexibility index (Phi) is 6.10. The number of aromatic nitrogens is 1. The molecule has 0 aliphatic carbocycles. The highest BCUT2D eigenvalue weighted by Gasteiger charge is 2.20. The first-order valence-electron chi connectivity index (χ1n) is 7.23. The van der Waals surface area contributed by atoms with E-state index >= 15 is 0 Å². The monoisotopic (exact) mass is 333 g/mol. The molecule has 0 radical (unpaired) electrons. The van der Waals surface area contributed by atoms with E-state index in [2.05, 4.69) is 15.0 Å². The van der Waals surface area contributed by atoms with Gasteiger partial charge in [-0.1, -0.05) is 18.2 Å². The molecule has 1 N–H and O–H groups in total. The minimum atomic E-state index is -0.493. The molecule has 1 aromatic carbocycles. The molecule has 6 nitrogen and oxygen atoms in total. The van der Waals surface area contributed by atoms with Crippen LogP contribution in [-0.4, -0.2) is 30.6 Å². The van der Waals surface area contributed by atoms with Gasteiger partial charge in [0, 0.05) is 18.3 Å².